The van der Waals surface area contributed by atoms with Gasteiger partial charge in [-0.2, -0.15) is 0 Å². The number of hydrogen-bond donors (Lipinski definition) is 0. The van der Waals surface area contributed by atoms with Crippen LogP contribution in [-0.2, 0) is 0 Å². The average molecular weight is 310 g/mol. The molecule has 10 heteroatoms. The third-order valence-corrected chi connectivity index (χ3v) is 0. The Hall–Kier alpha value is 1.68. The molecule has 0 bridgehead atoms. The molecular weight excluding hydrogens is 310 g/mol. The van der Waals surface area contributed by atoms with Gasteiger partial charge in [0, 0.05) is 0 Å². The maximum Gasteiger partial charge on any atom is 3.00 e. The minimum absolute atomic E-state index is 0. The van der Waals surface area contributed by atoms with E-state index < -0.39 is 14.6 Å². The van der Waals surface area contributed by atoms with E-state index >= 15 is 0 Å². The van der Waals surface area contributed by atoms with Crippen molar-refractivity contribution in [1.82, 2.24) is 0 Å². The predicted octanol–water partition coefficient (Wildman–Crippen LogP) is -8.28. The van der Waals surface area contributed by atoms with Crippen LogP contribution in [0.15, 0.2) is 0 Å². The average Bonchev–Trinajstić information content (AvgIpc) is 1.25. The molecule has 0 saturated carbocycles. The first-order valence-electron chi connectivity index (χ1n) is 1.41. The largest absolute Gasteiger partial charge is 3.00 e. The molecule has 0 heterocycles. The van der Waals surface area contributed by atoms with Crippen LogP contribution in [0.25, 0.3) is 0 Å². The molecule has 0 atom stereocenters. The van der Waals surface area contributed by atoms with Crippen molar-refractivity contribution in [2.24, 2.45) is 0 Å². The first-order valence-corrected chi connectivity index (χ1v) is 1.41. The Morgan fingerprint density at radius 3 is 0.600 bits per heavy atom. The van der Waals surface area contributed by atoms with Crippen LogP contribution >= 0.6 is 0 Å². The smallest absolute Gasteiger partial charge is 0.907 e. The SMILES string of the molecule is [Al+3].[Ho+3].[O-]B([O-])[O-].[O-]B([O-])[O-]. The number of rotatable bonds is 0. The predicted molar refractivity (Wildman–Crippen MR) is 17.3 cm³/mol. The van der Waals surface area contributed by atoms with E-state index in [1.165, 1.54) is 0 Å². The molecule has 0 aromatic carbocycles. The normalized spacial score (nSPS) is 5.40. The Balaban J connectivity index is -0.0000000300. The van der Waals surface area contributed by atoms with E-state index in [2.05, 4.69) is 0 Å². The fourth-order valence-corrected chi connectivity index (χ4v) is 0. The van der Waals surface area contributed by atoms with Gasteiger partial charge in [0.15, 0.2) is 0 Å². The molecule has 0 unspecified atom stereocenters. The number of hydrogen-bond acceptors (Lipinski definition) is 6. The van der Waals surface area contributed by atoms with Gasteiger partial charge in [-0.15, -0.1) is 0 Å². The van der Waals surface area contributed by atoms with E-state index in [0.29, 0.717) is 0 Å². The summed E-state index contributed by atoms with van der Waals surface area (Å²) in [5.41, 5.74) is 0. The van der Waals surface area contributed by atoms with Crippen LogP contribution in [0.5, 0.6) is 0 Å². The molecule has 0 aliphatic carbocycles. The minimum Gasteiger partial charge on any atom is -0.907 e. The van der Waals surface area contributed by atoms with Crippen molar-refractivity contribution < 1.29 is 67.9 Å². The molecule has 0 radical (unpaired) electrons. The van der Waals surface area contributed by atoms with Crippen molar-refractivity contribution in [1.29, 1.82) is 0 Å². The third-order valence-electron chi connectivity index (χ3n) is 0. The molecular formula is AlB2HoO6. The summed E-state index contributed by atoms with van der Waals surface area (Å²) in [5.74, 6) is 0. The summed E-state index contributed by atoms with van der Waals surface area (Å²) in [6.45, 7) is 0. The third kappa shape index (κ3) is 258. The van der Waals surface area contributed by atoms with Gasteiger partial charge in [0.25, 0.3) is 0 Å². The zero-order chi connectivity index (χ0) is 7.15. The van der Waals surface area contributed by atoms with E-state index in [4.69, 9.17) is 30.1 Å². The summed E-state index contributed by atoms with van der Waals surface area (Å²) in [5, 5.41) is 50.5. The van der Waals surface area contributed by atoms with Crippen molar-refractivity contribution >= 4 is 32.0 Å². The second-order valence-corrected chi connectivity index (χ2v) is 0.577. The second kappa shape index (κ2) is 17.0. The first-order chi connectivity index (χ1) is 3.46. The summed E-state index contributed by atoms with van der Waals surface area (Å²) >= 11 is 0. The van der Waals surface area contributed by atoms with Crippen LogP contribution in [-0.4, -0.2) is 32.0 Å². The zero-order valence-corrected chi connectivity index (χ0v) is 7.57. The van der Waals surface area contributed by atoms with Crippen molar-refractivity contribution in [3.05, 3.63) is 0 Å². The fraction of sp³-hybridized carbons (Fsp3) is 0. The van der Waals surface area contributed by atoms with Crippen LogP contribution in [0.4, 0.5) is 0 Å². The first kappa shape index (κ1) is 22.6. The molecule has 0 N–H and O–H groups in total. The van der Waals surface area contributed by atoms with E-state index in [1.54, 1.807) is 0 Å². The zero-order valence-electron chi connectivity index (χ0n) is 4.48. The minimum atomic E-state index is -2.92. The summed E-state index contributed by atoms with van der Waals surface area (Å²) in [6.07, 6.45) is 0. The van der Waals surface area contributed by atoms with Gasteiger partial charge in [-0.05, 0) is 0 Å². The van der Waals surface area contributed by atoms with Gasteiger partial charge in [-0.1, -0.05) is 0 Å². The van der Waals surface area contributed by atoms with E-state index in [1.807, 2.05) is 0 Å². The van der Waals surface area contributed by atoms with Crippen molar-refractivity contribution in [2.75, 3.05) is 0 Å². The fourth-order valence-electron chi connectivity index (χ4n) is 0. The van der Waals surface area contributed by atoms with Crippen LogP contribution in [0.3, 0.4) is 0 Å². The van der Waals surface area contributed by atoms with Crippen LogP contribution in [0.1, 0.15) is 0 Å². The monoisotopic (exact) mass is 310 g/mol. The van der Waals surface area contributed by atoms with Gasteiger partial charge >= 0.3 is 55.1 Å². The molecule has 6 nitrogen and oxygen atoms in total. The summed E-state index contributed by atoms with van der Waals surface area (Å²) in [6, 6.07) is 0. The second-order valence-electron chi connectivity index (χ2n) is 0.577. The molecule has 0 aromatic heterocycles. The molecule has 0 saturated heterocycles. The van der Waals surface area contributed by atoms with E-state index in [-0.39, 0.29) is 55.1 Å². The van der Waals surface area contributed by atoms with E-state index in [0.717, 1.165) is 0 Å². The van der Waals surface area contributed by atoms with Crippen molar-refractivity contribution in [3.63, 3.8) is 0 Å². The Kier molecular flexibility index (Phi) is 38.3. The molecule has 0 spiro atoms. The van der Waals surface area contributed by atoms with Gasteiger partial charge in [-0.3, -0.25) is 14.6 Å². The molecule has 0 fully saturated rings. The molecule has 10 heavy (non-hydrogen) atoms. The maximum absolute atomic E-state index is 8.42. The molecule has 0 aliphatic heterocycles. The van der Waals surface area contributed by atoms with Crippen LogP contribution in [0.2, 0.25) is 0 Å². The molecule has 0 rings (SSSR count). The van der Waals surface area contributed by atoms with Gasteiger partial charge < -0.3 is 30.1 Å². The van der Waals surface area contributed by atoms with Gasteiger partial charge in [0.1, 0.15) is 0 Å². The standard InChI is InChI=1S/Al.2BO3.Ho/c;2*2-1(3)4;/q+3;2*-3;+3. The van der Waals surface area contributed by atoms with Crippen molar-refractivity contribution in [2.45, 2.75) is 0 Å². The van der Waals surface area contributed by atoms with Crippen LogP contribution < -0.4 is 30.1 Å². The van der Waals surface area contributed by atoms with Gasteiger partial charge in [0.05, 0.1) is 0 Å². The summed E-state index contributed by atoms with van der Waals surface area (Å²) in [4.78, 5) is 0. The molecule has 0 aliphatic rings. The van der Waals surface area contributed by atoms with Crippen LogP contribution in [0, 0.1) is 37.7 Å². The quantitative estimate of drug-likeness (QED) is 0.407. The Labute approximate surface area is 99.0 Å². The molecule has 56 valence electrons. The maximum atomic E-state index is 8.42. The molecule has 0 aromatic rings. The Morgan fingerprint density at radius 1 is 0.600 bits per heavy atom. The Morgan fingerprint density at radius 2 is 0.600 bits per heavy atom. The Bertz CT molecular complexity index is 31.2. The topological polar surface area (TPSA) is 138 Å². The summed E-state index contributed by atoms with van der Waals surface area (Å²) < 4.78 is 0. The van der Waals surface area contributed by atoms with E-state index in [9.17, 15) is 0 Å². The summed E-state index contributed by atoms with van der Waals surface area (Å²) in [7, 11) is -5.83. The van der Waals surface area contributed by atoms with Gasteiger partial charge in [0.2, 0.25) is 0 Å². The van der Waals surface area contributed by atoms with Gasteiger partial charge in [-0.25, -0.2) is 0 Å². The van der Waals surface area contributed by atoms with Crippen molar-refractivity contribution in [3.8, 4) is 0 Å². The molecule has 0 amide bonds.